The van der Waals surface area contributed by atoms with Gasteiger partial charge in [0.2, 0.25) is 23.6 Å². The van der Waals surface area contributed by atoms with Gasteiger partial charge in [0, 0.05) is 37.7 Å². The fourth-order valence-electron chi connectivity index (χ4n) is 6.31. The van der Waals surface area contributed by atoms with Crippen molar-refractivity contribution in [3.8, 4) is 11.1 Å². The van der Waals surface area contributed by atoms with Gasteiger partial charge in [-0.2, -0.15) is 0 Å². The van der Waals surface area contributed by atoms with E-state index in [1.54, 1.807) is 36.4 Å². The van der Waals surface area contributed by atoms with Crippen LogP contribution in [0.3, 0.4) is 0 Å². The Morgan fingerprint density at radius 2 is 1.71 bits per heavy atom. The first-order chi connectivity index (χ1) is 23.1. The van der Waals surface area contributed by atoms with Gasteiger partial charge in [0.05, 0.1) is 0 Å². The summed E-state index contributed by atoms with van der Waals surface area (Å²) in [7, 11) is 0. The second-order valence-corrected chi connectivity index (χ2v) is 12.4. The molecule has 0 saturated carbocycles. The number of fused-ring (bicyclic) bond motifs is 1. The number of nitrogens with one attached hydrogen (secondary N) is 4. The summed E-state index contributed by atoms with van der Waals surface area (Å²) in [5, 5.41) is 20.6. The maximum absolute atomic E-state index is 14.2. The molecule has 2 aromatic rings. The molecular formula is C34H40FN5O8. The summed E-state index contributed by atoms with van der Waals surface area (Å²) >= 11 is 0. The second-order valence-electron chi connectivity index (χ2n) is 12.4. The van der Waals surface area contributed by atoms with Crippen molar-refractivity contribution in [1.29, 1.82) is 0 Å². The number of ether oxygens (including phenoxy) is 1. The minimum atomic E-state index is -1.38. The highest BCUT2D eigenvalue weighted by atomic mass is 19.1. The van der Waals surface area contributed by atoms with Crippen LogP contribution in [0, 0.1) is 5.82 Å². The molecule has 0 spiro atoms. The first-order valence-corrected chi connectivity index (χ1v) is 16.3. The van der Waals surface area contributed by atoms with Crippen LogP contribution in [0.15, 0.2) is 48.5 Å². The Bertz CT molecular complexity index is 1550. The Hall–Kier alpha value is -4.85. The Labute approximate surface area is 277 Å². The SMILES string of the molecule is O=C1CC[C@@H](C(=O)O)NC(=O)[C@@H]2C[C@@H](NC(=O)[C@H]3CCCO3)CN2C(=O)[C@@H](NC(=O)c2cccc(-c3cccc(F)c3)c2)CCCCN1. The fourth-order valence-corrected chi connectivity index (χ4v) is 6.31. The molecule has 3 saturated heterocycles. The van der Waals surface area contributed by atoms with Crippen LogP contribution in [-0.4, -0.2) is 95.5 Å². The van der Waals surface area contributed by atoms with Crippen molar-refractivity contribution >= 4 is 35.5 Å². The molecule has 5 amide bonds. The number of halogens is 1. The normalized spacial score (nSPS) is 25.6. The third-order valence-corrected chi connectivity index (χ3v) is 8.86. The average Bonchev–Trinajstić information content (AvgIpc) is 3.76. The van der Waals surface area contributed by atoms with Crippen LogP contribution in [0.25, 0.3) is 11.1 Å². The Morgan fingerprint density at radius 1 is 0.938 bits per heavy atom. The van der Waals surface area contributed by atoms with Gasteiger partial charge < -0.3 is 36.0 Å². The van der Waals surface area contributed by atoms with Gasteiger partial charge in [-0.25, -0.2) is 9.18 Å². The lowest BCUT2D eigenvalue weighted by Crippen LogP contribution is -2.55. The van der Waals surface area contributed by atoms with Crippen LogP contribution in [0.4, 0.5) is 4.39 Å². The van der Waals surface area contributed by atoms with Crippen LogP contribution in [0.1, 0.15) is 61.7 Å². The highest BCUT2D eigenvalue weighted by Crippen LogP contribution is 2.24. The van der Waals surface area contributed by atoms with E-state index in [1.165, 1.54) is 17.0 Å². The molecule has 5 atom stereocenters. The number of carbonyl (C=O) groups is 6. The van der Waals surface area contributed by atoms with Crippen molar-refractivity contribution < 1.29 is 43.0 Å². The van der Waals surface area contributed by atoms with Crippen molar-refractivity contribution in [2.45, 2.75) is 81.6 Å². The number of rotatable bonds is 6. The Balaban J connectivity index is 1.40. The molecular weight excluding hydrogens is 625 g/mol. The first-order valence-electron chi connectivity index (χ1n) is 16.3. The first kappa shape index (κ1) is 34.5. The minimum Gasteiger partial charge on any atom is -0.480 e. The third kappa shape index (κ3) is 8.73. The molecule has 2 aromatic carbocycles. The molecule has 3 aliphatic rings. The van der Waals surface area contributed by atoms with Crippen LogP contribution < -0.4 is 21.3 Å². The number of amides is 5. The molecule has 3 aliphatic heterocycles. The van der Waals surface area contributed by atoms with E-state index < -0.39 is 59.8 Å². The predicted molar refractivity (Wildman–Crippen MR) is 170 cm³/mol. The summed E-state index contributed by atoms with van der Waals surface area (Å²) in [5.41, 5.74) is 1.40. The van der Waals surface area contributed by atoms with Gasteiger partial charge in [0.1, 0.15) is 30.0 Å². The second kappa shape index (κ2) is 15.8. The standard InChI is InChI=1S/C34H40FN5O8/c35-23-9-4-7-21(17-23)20-6-3-8-22(16-20)30(42)38-25-10-1-2-14-36-29(41)13-12-26(34(46)47)39-31(43)27-18-24(19-40(27)33(25)45)37-32(44)28-11-5-15-48-28/h3-4,6-9,16-17,24-28H,1-2,5,10-15,18-19H2,(H,36,41)(H,37,44)(H,38,42)(H,39,43)(H,46,47)/t24-,25+,26+,27+,28-/m1/s1. The van der Waals surface area contributed by atoms with E-state index >= 15 is 0 Å². The topological polar surface area (TPSA) is 183 Å². The number of aliphatic carboxylic acids is 1. The third-order valence-electron chi connectivity index (χ3n) is 8.86. The molecule has 14 heteroatoms. The quantitative estimate of drug-likeness (QED) is 0.308. The zero-order chi connectivity index (χ0) is 34.2. The van der Waals surface area contributed by atoms with Crippen molar-refractivity contribution in [2.24, 2.45) is 0 Å². The van der Waals surface area contributed by atoms with E-state index in [0.717, 1.165) is 6.42 Å². The van der Waals surface area contributed by atoms with E-state index in [2.05, 4.69) is 21.3 Å². The Morgan fingerprint density at radius 3 is 2.44 bits per heavy atom. The van der Waals surface area contributed by atoms with Gasteiger partial charge in [-0.3, -0.25) is 24.0 Å². The molecule has 0 radical (unpaired) electrons. The lowest BCUT2D eigenvalue weighted by atomic mass is 10.0. The molecule has 48 heavy (non-hydrogen) atoms. The summed E-state index contributed by atoms with van der Waals surface area (Å²) in [6.45, 7) is 0.686. The average molecular weight is 666 g/mol. The van der Waals surface area contributed by atoms with Crippen molar-refractivity contribution in [3.63, 3.8) is 0 Å². The maximum Gasteiger partial charge on any atom is 0.326 e. The number of hydrogen-bond donors (Lipinski definition) is 5. The summed E-state index contributed by atoms with van der Waals surface area (Å²) in [6.07, 6.45) is 1.47. The van der Waals surface area contributed by atoms with Crippen molar-refractivity contribution in [3.05, 3.63) is 59.9 Å². The van der Waals surface area contributed by atoms with E-state index in [0.29, 0.717) is 37.0 Å². The highest BCUT2D eigenvalue weighted by molar-refractivity contribution is 5.99. The predicted octanol–water partition coefficient (Wildman–Crippen LogP) is 1.51. The van der Waals surface area contributed by atoms with Crippen LogP contribution in [-0.2, 0) is 28.7 Å². The molecule has 0 aliphatic carbocycles. The monoisotopic (exact) mass is 665 g/mol. The van der Waals surface area contributed by atoms with Crippen LogP contribution >= 0.6 is 0 Å². The minimum absolute atomic E-state index is 0.0131. The van der Waals surface area contributed by atoms with Crippen molar-refractivity contribution in [1.82, 2.24) is 26.2 Å². The molecule has 0 bridgehead atoms. The fraction of sp³-hybridized carbons (Fsp3) is 0.471. The zero-order valence-corrected chi connectivity index (χ0v) is 26.4. The summed E-state index contributed by atoms with van der Waals surface area (Å²) < 4.78 is 19.4. The van der Waals surface area contributed by atoms with Gasteiger partial charge in [0.25, 0.3) is 5.91 Å². The van der Waals surface area contributed by atoms with Crippen molar-refractivity contribution in [2.75, 3.05) is 19.7 Å². The summed E-state index contributed by atoms with van der Waals surface area (Å²) in [4.78, 5) is 79.9. The highest BCUT2D eigenvalue weighted by Gasteiger charge is 2.44. The van der Waals surface area contributed by atoms with Gasteiger partial charge in [-0.05, 0) is 80.3 Å². The van der Waals surface area contributed by atoms with Gasteiger partial charge in [-0.15, -0.1) is 0 Å². The lowest BCUT2D eigenvalue weighted by Gasteiger charge is -2.29. The molecule has 256 valence electrons. The molecule has 13 nitrogen and oxygen atoms in total. The number of nitrogens with zero attached hydrogens (tertiary/aromatic N) is 1. The number of carbonyl (C=O) groups excluding carboxylic acids is 5. The van der Waals surface area contributed by atoms with Crippen LogP contribution in [0.2, 0.25) is 0 Å². The number of carboxylic acid groups (broad SMARTS) is 1. The van der Waals surface area contributed by atoms with Crippen LogP contribution in [0.5, 0.6) is 0 Å². The molecule has 5 N–H and O–H groups in total. The number of benzene rings is 2. The molecule has 3 fully saturated rings. The maximum atomic E-state index is 14.2. The van der Waals surface area contributed by atoms with Gasteiger partial charge in [0.15, 0.2) is 0 Å². The number of hydrogen-bond acceptors (Lipinski definition) is 7. The molecule has 3 heterocycles. The summed E-state index contributed by atoms with van der Waals surface area (Å²) in [5.74, 6) is -4.35. The largest absolute Gasteiger partial charge is 0.480 e. The van der Waals surface area contributed by atoms with E-state index in [9.17, 15) is 38.3 Å². The van der Waals surface area contributed by atoms with Gasteiger partial charge in [-0.1, -0.05) is 24.3 Å². The summed E-state index contributed by atoms with van der Waals surface area (Å²) in [6, 6.07) is 8.23. The zero-order valence-electron chi connectivity index (χ0n) is 26.4. The molecule has 0 aromatic heterocycles. The molecule has 5 rings (SSSR count). The van der Waals surface area contributed by atoms with Gasteiger partial charge >= 0.3 is 5.97 Å². The van der Waals surface area contributed by atoms with E-state index in [-0.39, 0.29) is 56.2 Å². The van der Waals surface area contributed by atoms with E-state index in [1.807, 2.05) is 0 Å². The Kier molecular flexibility index (Phi) is 11.4. The molecule has 0 unspecified atom stereocenters. The lowest BCUT2D eigenvalue weighted by molar-refractivity contribution is -0.144. The number of carboxylic acids is 1. The van der Waals surface area contributed by atoms with E-state index in [4.69, 9.17) is 4.74 Å². The smallest absolute Gasteiger partial charge is 0.326 e.